The van der Waals surface area contributed by atoms with E-state index in [-0.39, 0.29) is 16.6 Å². The molecule has 120 valence electrons. The lowest BCUT2D eigenvalue weighted by molar-refractivity contribution is -0.137. The number of rotatable bonds is 2. The number of hydrogen-bond acceptors (Lipinski definition) is 2. The minimum atomic E-state index is -4.51. The lowest BCUT2D eigenvalue weighted by atomic mass is 10.1. The molecule has 2 rings (SSSR count). The summed E-state index contributed by atoms with van der Waals surface area (Å²) in [4.78, 5) is -0.282. The second-order valence-corrected chi connectivity index (χ2v) is 7.44. The number of benzene rings is 1. The molecule has 0 spiro atoms. The Balaban J connectivity index is 2.31. The Morgan fingerprint density at radius 1 is 1.27 bits per heavy atom. The zero-order valence-corrected chi connectivity index (χ0v) is 13.8. The molecule has 1 heterocycles. The lowest BCUT2D eigenvalue weighted by Gasteiger charge is -2.19. The molecule has 0 aromatic heterocycles. The van der Waals surface area contributed by atoms with E-state index in [1.54, 1.807) is 13.1 Å². The van der Waals surface area contributed by atoms with Crippen molar-refractivity contribution in [2.45, 2.75) is 24.4 Å². The smallest absolute Gasteiger partial charge is 0.348 e. The predicted octanol–water partition coefficient (Wildman–Crippen LogP) is 3.66. The monoisotopic (exact) mass is 396 g/mol. The Hall–Kier alpha value is -1.35. The first-order valence-electron chi connectivity index (χ1n) is 6.23. The van der Waals surface area contributed by atoms with Crippen molar-refractivity contribution in [3.8, 4) is 0 Å². The van der Waals surface area contributed by atoms with Gasteiger partial charge >= 0.3 is 6.18 Å². The van der Waals surface area contributed by atoms with E-state index in [4.69, 9.17) is 0 Å². The molecular formula is C13H12BrF3N2O2S. The molecule has 4 nitrogen and oxygen atoms in total. The molecule has 0 amide bonds. The number of nitrogens with zero attached hydrogens (tertiary/aromatic N) is 1. The van der Waals surface area contributed by atoms with Crippen LogP contribution in [0.2, 0.25) is 0 Å². The quantitative estimate of drug-likeness (QED) is 0.829. The topological polar surface area (TPSA) is 58.5 Å². The van der Waals surface area contributed by atoms with Gasteiger partial charge in [0.1, 0.15) is 5.84 Å². The second kappa shape index (κ2) is 6.04. The maximum Gasteiger partial charge on any atom is 0.416 e. The van der Waals surface area contributed by atoms with E-state index in [2.05, 4.69) is 25.6 Å². The number of allylic oxidation sites excluding steroid dienone is 1. The van der Waals surface area contributed by atoms with E-state index in [1.807, 2.05) is 0 Å². The van der Waals surface area contributed by atoms with Crippen LogP contribution in [-0.4, -0.2) is 14.3 Å². The van der Waals surface area contributed by atoms with Gasteiger partial charge in [0.25, 0.3) is 10.0 Å². The van der Waals surface area contributed by atoms with Crippen molar-refractivity contribution in [3.05, 3.63) is 40.5 Å². The Bertz CT molecular complexity index is 725. The summed E-state index contributed by atoms with van der Waals surface area (Å²) in [5, 5.41) is 2.76. The van der Waals surface area contributed by atoms with Gasteiger partial charge in [-0.3, -0.25) is 0 Å². The van der Waals surface area contributed by atoms with E-state index >= 15 is 0 Å². The molecule has 1 aliphatic heterocycles. The number of nitrogens with one attached hydrogen (secondary N) is 1. The molecule has 1 aromatic rings. The minimum Gasteiger partial charge on any atom is -0.348 e. The van der Waals surface area contributed by atoms with Crippen molar-refractivity contribution >= 4 is 31.8 Å². The third-order valence-electron chi connectivity index (χ3n) is 3.04. The summed E-state index contributed by atoms with van der Waals surface area (Å²) in [6.07, 6.45) is -2.33. The van der Waals surface area contributed by atoms with Gasteiger partial charge in [-0.05, 0) is 30.7 Å². The summed E-state index contributed by atoms with van der Waals surface area (Å²) in [6.45, 7) is 1.79. The average Bonchev–Trinajstić information content (AvgIpc) is 2.41. The maximum atomic E-state index is 12.5. The van der Waals surface area contributed by atoms with Crippen LogP contribution in [-0.2, 0) is 16.2 Å². The largest absolute Gasteiger partial charge is 0.416 e. The van der Waals surface area contributed by atoms with E-state index in [9.17, 15) is 21.6 Å². The van der Waals surface area contributed by atoms with Crippen molar-refractivity contribution in [2.75, 3.05) is 0 Å². The van der Waals surface area contributed by atoms with Crippen LogP contribution in [0.4, 0.5) is 13.2 Å². The molecular weight excluding hydrogens is 385 g/mol. The molecule has 1 N–H and O–H groups in total. The Kier molecular flexibility index (Phi) is 4.67. The summed E-state index contributed by atoms with van der Waals surface area (Å²) in [6, 6.07) is 3.26. The zero-order chi connectivity index (χ0) is 16.5. The van der Waals surface area contributed by atoms with Crippen LogP contribution in [0.25, 0.3) is 0 Å². The highest BCUT2D eigenvalue weighted by Gasteiger charge is 2.30. The van der Waals surface area contributed by atoms with Gasteiger partial charge < -0.3 is 5.32 Å². The van der Waals surface area contributed by atoms with Gasteiger partial charge in [-0.15, -0.1) is 4.40 Å². The van der Waals surface area contributed by atoms with Gasteiger partial charge in [-0.2, -0.15) is 21.6 Å². The number of alkyl halides is 3. The molecule has 0 saturated heterocycles. The van der Waals surface area contributed by atoms with Crippen LogP contribution < -0.4 is 5.32 Å². The highest BCUT2D eigenvalue weighted by Crippen LogP contribution is 2.30. The number of halogens is 4. The highest BCUT2D eigenvalue weighted by atomic mass is 79.9. The summed E-state index contributed by atoms with van der Waals surface area (Å²) in [5.74, 6) is 0.103. The second-order valence-electron chi connectivity index (χ2n) is 4.81. The first-order valence-corrected chi connectivity index (χ1v) is 8.46. The van der Waals surface area contributed by atoms with Gasteiger partial charge in [-0.25, -0.2) is 0 Å². The van der Waals surface area contributed by atoms with Crippen molar-refractivity contribution < 1.29 is 21.6 Å². The Morgan fingerprint density at radius 2 is 1.86 bits per heavy atom. The lowest BCUT2D eigenvalue weighted by Crippen LogP contribution is -2.30. The number of hydrogen-bond donors (Lipinski definition) is 1. The van der Waals surface area contributed by atoms with Crippen LogP contribution in [0.5, 0.6) is 0 Å². The van der Waals surface area contributed by atoms with E-state index in [1.165, 1.54) is 0 Å². The van der Waals surface area contributed by atoms with Crippen LogP contribution in [0, 0.1) is 5.92 Å². The fourth-order valence-electron chi connectivity index (χ4n) is 1.86. The standard InChI is InChI=1S/C13H12BrF3N2O2S/c1-8-6-10(14)7-18-12(8)19-22(20,21)11-4-2-9(3-5-11)13(15,16)17/h2-5,7-8H,6H2,1H3,(H,18,19). The molecule has 1 unspecified atom stereocenters. The molecule has 22 heavy (non-hydrogen) atoms. The SMILES string of the molecule is CC1CC(Br)=CNC1=NS(=O)(=O)c1ccc(C(F)(F)F)cc1. The summed E-state index contributed by atoms with van der Waals surface area (Å²) in [7, 11) is -4.06. The van der Waals surface area contributed by atoms with Crippen LogP contribution in [0.3, 0.4) is 0 Å². The van der Waals surface area contributed by atoms with Crippen molar-refractivity contribution in [2.24, 2.45) is 10.3 Å². The molecule has 1 aromatic carbocycles. The van der Waals surface area contributed by atoms with E-state index in [0.717, 1.165) is 28.7 Å². The van der Waals surface area contributed by atoms with Gasteiger partial charge in [0.2, 0.25) is 0 Å². The third kappa shape index (κ3) is 3.89. The van der Waals surface area contributed by atoms with Crippen LogP contribution in [0.1, 0.15) is 18.9 Å². The van der Waals surface area contributed by atoms with E-state index in [0.29, 0.717) is 6.42 Å². The molecule has 0 radical (unpaired) electrons. The molecule has 9 heteroatoms. The molecule has 0 aliphatic carbocycles. The molecule has 0 fully saturated rings. The molecule has 0 saturated carbocycles. The minimum absolute atomic E-state index is 0.149. The summed E-state index contributed by atoms with van der Waals surface area (Å²) in [5.41, 5.74) is -0.907. The van der Waals surface area contributed by atoms with Gasteiger partial charge in [0.05, 0.1) is 10.5 Å². The highest BCUT2D eigenvalue weighted by molar-refractivity contribution is 9.11. The predicted molar refractivity (Wildman–Crippen MR) is 80.0 cm³/mol. The van der Waals surface area contributed by atoms with E-state index < -0.39 is 21.8 Å². The van der Waals surface area contributed by atoms with Crippen LogP contribution >= 0.6 is 15.9 Å². The van der Waals surface area contributed by atoms with Gasteiger partial charge in [0, 0.05) is 16.6 Å². The molecule has 0 bridgehead atoms. The van der Waals surface area contributed by atoms with Crippen molar-refractivity contribution in [1.29, 1.82) is 0 Å². The zero-order valence-electron chi connectivity index (χ0n) is 11.4. The maximum absolute atomic E-state index is 12.5. The fourth-order valence-corrected chi connectivity index (χ4v) is 3.53. The third-order valence-corrected chi connectivity index (χ3v) is 4.90. The summed E-state index contributed by atoms with van der Waals surface area (Å²) >= 11 is 3.29. The van der Waals surface area contributed by atoms with Crippen molar-refractivity contribution in [1.82, 2.24) is 5.32 Å². The average molecular weight is 397 g/mol. The number of sulfonamides is 1. The molecule has 1 aliphatic rings. The Labute approximate surface area is 134 Å². The fraction of sp³-hybridized carbons (Fsp3) is 0.308. The molecule has 1 atom stereocenters. The normalized spacial score (nSPS) is 21.4. The van der Waals surface area contributed by atoms with Crippen molar-refractivity contribution in [3.63, 3.8) is 0 Å². The van der Waals surface area contributed by atoms with Gasteiger partial charge in [0.15, 0.2) is 0 Å². The number of amidine groups is 1. The first kappa shape index (κ1) is 17.0. The first-order chi connectivity index (χ1) is 10.1. The van der Waals surface area contributed by atoms with Crippen LogP contribution in [0.15, 0.2) is 44.2 Å². The van der Waals surface area contributed by atoms with Gasteiger partial charge in [-0.1, -0.05) is 22.9 Å². The Morgan fingerprint density at radius 3 is 2.36 bits per heavy atom. The summed E-state index contributed by atoms with van der Waals surface area (Å²) < 4.78 is 66.3.